The van der Waals surface area contributed by atoms with Gasteiger partial charge in [-0.2, -0.15) is 0 Å². The fourth-order valence-electron chi connectivity index (χ4n) is 1.74. The van der Waals surface area contributed by atoms with Gasteiger partial charge in [-0.05, 0) is 12.8 Å². The molecule has 2 rings (SSSR count). The number of nitrogens with zero attached hydrogens (tertiary/aromatic N) is 3. The largest absolute Gasteiger partial charge is 0.355 e. The summed E-state index contributed by atoms with van der Waals surface area (Å²) < 4.78 is 37.7. The summed E-state index contributed by atoms with van der Waals surface area (Å²) in [6.07, 6.45) is -1.45. The molecule has 94 valence electrons. The SMILES string of the molecule is FC1CCN(c2cnc(C(F)F)c(Cl)n2)CC1. The van der Waals surface area contributed by atoms with Crippen molar-refractivity contribution in [3.8, 4) is 0 Å². The van der Waals surface area contributed by atoms with E-state index < -0.39 is 18.3 Å². The van der Waals surface area contributed by atoms with Crippen LogP contribution in [0.1, 0.15) is 25.0 Å². The molecule has 0 aromatic carbocycles. The number of anilines is 1. The van der Waals surface area contributed by atoms with Crippen LogP contribution in [0, 0.1) is 0 Å². The predicted octanol–water partition coefficient (Wildman–Crippen LogP) is 3.01. The van der Waals surface area contributed by atoms with Gasteiger partial charge in [-0.25, -0.2) is 23.1 Å². The van der Waals surface area contributed by atoms with E-state index in [1.807, 2.05) is 0 Å². The molecule has 1 saturated heterocycles. The standard InChI is InChI=1S/C10H11ClF3N3/c11-9-8(10(13)14)15-5-7(16-9)17-3-1-6(12)2-4-17/h5-6,10H,1-4H2. The maximum absolute atomic E-state index is 12.9. The molecular formula is C10H11ClF3N3. The Morgan fingerprint density at radius 2 is 2.00 bits per heavy atom. The molecule has 0 bridgehead atoms. The highest BCUT2D eigenvalue weighted by Crippen LogP contribution is 2.26. The molecule has 0 amide bonds. The zero-order valence-corrected chi connectivity index (χ0v) is 9.67. The summed E-state index contributed by atoms with van der Waals surface area (Å²) in [5, 5.41) is -0.292. The van der Waals surface area contributed by atoms with Crippen LogP contribution in [-0.2, 0) is 0 Å². The Hall–Kier alpha value is -1.04. The molecule has 0 radical (unpaired) electrons. The summed E-state index contributed by atoms with van der Waals surface area (Å²) in [4.78, 5) is 9.26. The first kappa shape index (κ1) is 12.4. The van der Waals surface area contributed by atoms with Crippen LogP contribution in [0.4, 0.5) is 19.0 Å². The lowest BCUT2D eigenvalue weighted by atomic mass is 10.1. The second-order valence-electron chi connectivity index (χ2n) is 3.87. The van der Waals surface area contributed by atoms with Gasteiger partial charge in [0.05, 0.1) is 6.20 Å². The lowest BCUT2D eigenvalue weighted by Gasteiger charge is -2.29. The van der Waals surface area contributed by atoms with Gasteiger partial charge in [0.1, 0.15) is 17.7 Å². The second-order valence-corrected chi connectivity index (χ2v) is 4.22. The van der Waals surface area contributed by atoms with E-state index in [0.717, 1.165) is 0 Å². The van der Waals surface area contributed by atoms with Crippen molar-refractivity contribution in [1.29, 1.82) is 0 Å². The second kappa shape index (κ2) is 5.08. The third-order valence-corrected chi connectivity index (χ3v) is 2.98. The Bertz CT molecular complexity index is 394. The Labute approximate surface area is 102 Å². The first-order chi connectivity index (χ1) is 8.08. The molecular weight excluding hydrogens is 255 g/mol. The number of aromatic nitrogens is 2. The van der Waals surface area contributed by atoms with Gasteiger partial charge in [0, 0.05) is 13.1 Å². The van der Waals surface area contributed by atoms with Gasteiger partial charge in [-0.1, -0.05) is 11.6 Å². The molecule has 3 nitrogen and oxygen atoms in total. The first-order valence-electron chi connectivity index (χ1n) is 5.27. The third-order valence-electron chi connectivity index (χ3n) is 2.70. The van der Waals surface area contributed by atoms with E-state index in [1.165, 1.54) is 6.20 Å². The van der Waals surface area contributed by atoms with Crippen LogP contribution >= 0.6 is 11.6 Å². The third kappa shape index (κ3) is 2.80. The molecule has 0 saturated carbocycles. The van der Waals surface area contributed by atoms with Crippen molar-refractivity contribution in [2.45, 2.75) is 25.4 Å². The molecule has 0 aliphatic carbocycles. The molecule has 1 aliphatic heterocycles. The molecule has 0 spiro atoms. The van der Waals surface area contributed by atoms with Crippen LogP contribution in [0.5, 0.6) is 0 Å². The van der Waals surface area contributed by atoms with E-state index in [0.29, 0.717) is 31.7 Å². The van der Waals surface area contributed by atoms with Gasteiger partial charge in [0.25, 0.3) is 6.43 Å². The molecule has 0 unspecified atom stereocenters. The van der Waals surface area contributed by atoms with Gasteiger partial charge in [0.2, 0.25) is 0 Å². The van der Waals surface area contributed by atoms with Gasteiger partial charge in [-0.15, -0.1) is 0 Å². The minimum Gasteiger partial charge on any atom is -0.355 e. The molecule has 1 aromatic heterocycles. The van der Waals surface area contributed by atoms with Crippen LogP contribution in [0.25, 0.3) is 0 Å². The van der Waals surface area contributed by atoms with E-state index >= 15 is 0 Å². The van der Waals surface area contributed by atoms with Crippen LogP contribution in [0.15, 0.2) is 6.20 Å². The molecule has 0 N–H and O–H groups in total. The predicted molar refractivity (Wildman–Crippen MR) is 58.3 cm³/mol. The lowest BCUT2D eigenvalue weighted by molar-refractivity contribution is 0.145. The maximum Gasteiger partial charge on any atom is 0.283 e. The lowest BCUT2D eigenvalue weighted by Crippen LogP contribution is -2.35. The Balaban J connectivity index is 2.14. The fourth-order valence-corrected chi connectivity index (χ4v) is 1.96. The molecule has 1 aromatic rings. The monoisotopic (exact) mass is 265 g/mol. The van der Waals surface area contributed by atoms with Crippen molar-refractivity contribution in [2.24, 2.45) is 0 Å². The molecule has 7 heteroatoms. The number of rotatable bonds is 2. The van der Waals surface area contributed by atoms with Crippen molar-refractivity contribution in [1.82, 2.24) is 9.97 Å². The summed E-state index contributed by atoms with van der Waals surface area (Å²) in [7, 11) is 0. The van der Waals surface area contributed by atoms with Crippen LogP contribution < -0.4 is 4.90 Å². The molecule has 2 heterocycles. The summed E-state index contributed by atoms with van der Waals surface area (Å²) in [6, 6.07) is 0. The highest BCUT2D eigenvalue weighted by atomic mass is 35.5. The number of hydrogen-bond acceptors (Lipinski definition) is 3. The topological polar surface area (TPSA) is 29.0 Å². The maximum atomic E-state index is 12.9. The fraction of sp³-hybridized carbons (Fsp3) is 0.600. The minimum absolute atomic E-state index is 0.292. The molecule has 17 heavy (non-hydrogen) atoms. The number of piperidine rings is 1. The Kier molecular flexibility index (Phi) is 3.71. The van der Waals surface area contributed by atoms with E-state index in [4.69, 9.17) is 11.6 Å². The highest BCUT2D eigenvalue weighted by Gasteiger charge is 2.22. The van der Waals surface area contributed by atoms with Gasteiger partial charge in [-0.3, -0.25) is 0 Å². The van der Waals surface area contributed by atoms with E-state index in [9.17, 15) is 13.2 Å². The van der Waals surface area contributed by atoms with Crippen LogP contribution in [0.3, 0.4) is 0 Å². The zero-order chi connectivity index (χ0) is 12.4. The Morgan fingerprint density at radius 3 is 2.53 bits per heavy atom. The van der Waals surface area contributed by atoms with Crippen molar-refractivity contribution in [3.05, 3.63) is 17.0 Å². The average molecular weight is 266 g/mol. The van der Waals surface area contributed by atoms with Crippen LogP contribution in [0.2, 0.25) is 5.15 Å². The quantitative estimate of drug-likeness (QED) is 0.823. The van der Waals surface area contributed by atoms with Crippen molar-refractivity contribution in [3.63, 3.8) is 0 Å². The average Bonchev–Trinajstić information content (AvgIpc) is 2.29. The minimum atomic E-state index is -2.74. The van der Waals surface area contributed by atoms with Crippen LogP contribution in [-0.4, -0.2) is 29.2 Å². The molecule has 0 atom stereocenters. The molecule has 1 aliphatic rings. The smallest absolute Gasteiger partial charge is 0.283 e. The van der Waals surface area contributed by atoms with Gasteiger partial charge >= 0.3 is 0 Å². The number of hydrogen-bond donors (Lipinski definition) is 0. The number of halogens is 4. The molecule has 1 fully saturated rings. The van der Waals surface area contributed by atoms with Crippen molar-refractivity contribution < 1.29 is 13.2 Å². The summed E-state index contributed by atoms with van der Waals surface area (Å²) >= 11 is 5.62. The first-order valence-corrected chi connectivity index (χ1v) is 5.65. The Morgan fingerprint density at radius 1 is 1.35 bits per heavy atom. The van der Waals surface area contributed by atoms with Crippen molar-refractivity contribution in [2.75, 3.05) is 18.0 Å². The summed E-state index contributed by atoms with van der Waals surface area (Å²) in [5.41, 5.74) is -0.518. The van der Waals surface area contributed by atoms with Crippen molar-refractivity contribution >= 4 is 17.4 Å². The summed E-state index contributed by atoms with van der Waals surface area (Å²) in [6.45, 7) is 1.00. The summed E-state index contributed by atoms with van der Waals surface area (Å²) in [5.74, 6) is 0.423. The van der Waals surface area contributed by atoms with Gasteiger partial charge in [0.15, 0.2) is 5.15 Å². The zero-order valence-electron chi connectivity index (χ0n) is 8.91. The van der Waals surface area contributed by atoms with E-state index in [-0.39, 0.29) is 5.15 Å². The normalized spacial score (nSPS) is 17.8. The highest BCUT2D eigenvalue weighted by molar-refractivity contribution is 6.30. The van der Waals surface area contributed by atoms with Gasteiger partial charge < -0.3 is 4.90 Å². The number of alkyl halides is 3. The van der Waals surface area contributed by atoms with E-state index in [1.54, 1.807) is 4.90 Å². The van der Waals surface area contributed by atoms with E-state index in [2.05, 4.69) is 9.97 Å².